The standard InChI is InChI=1S/C15H18ClN3O2/c1-17-5-7-18(8-6-17)19-14(20)10-13(15(19)21)11-3-2-4-12(16)9-11/h2-4,9,13H,5-8,10H2,1H3. The van der Waals surface area contributed by atoms with Gasteiger partial charge in [-0.3, -0.25) is 9.59 Å². The molecule has 112 valence electrons. The van der Waals surface area contributed by atoms with Gasteiger partial charge in [0.25, 0.3) is 5.91 Å². The topological polar surface area (TPSA) is 43.9 Å². The zero-order valence-electron chi connectivity index (χ0n) is 12.0. The van der Waals surface area contributed by atoms with Crippen LogP contribution in [0.25, 0.3) is 0 Å². The molecule has 0 saturated carbocycles. The van der Waals surface area contributed by atoms with Crippen LogP contribution < -0.4 is 0 Å². The Labute approximate surface area is 129 Å². The van der Waals surface area contributed by atoms with Gasteiger partial charge < -0.3 is 4.90 Å². The molecule has 1 aromatic rings. The second-order valence-electron chi connectivity index (χ2n) is 5.61. The number of amides is 2. The fourth-order valence-electron chi connectivity index (χ4n) is 2.90. The van der Waals surface area contributed by atoms with E-state index in [2.05, 4.69) is 4.90 Å². The van der Waals surface area contributed by atoms with Gasteiger partial charge in [0.1, 0.15) is 0 Å². The van der Waals surface area contributed by atoms with Crippen LogP contribution in [0.15, 0.2) is 24.3 Å². The Bertz CT molecular complexity index is 570. The minimum absolute atomic E-state index is 0.116. The molecule has 2 aliphatic rings. The Morgan fingerprint density at radius 3 is 2.52 bits per heavy atom. The average Bonchev–Trinajstić information content (AvgIpc) is 2.75. The summed E-state index contributed by atoms with van der Waals surface area (Å²) < 4.78 is 0. The lowest BCUT2D eigenvalue weighted by Gasteiger charge is -2.36. The first-order valence-electron chi connectivity index (χ1n) is 7.12. The van der Waals surface area contributed by atoms with Gasteiger partial charge >= 0.3 is 0 Å². The number of halogens is 1. The predicted molar refractivity (Wildman–Crippen MR) is 79.7 cm³/mol. The van der Waals surface area contributed by atoms with Crippen molar-refractivity contribution in [2.75, 3.05) is 33.2 Å². The molecular weight excluding hydrogens is 290 g/mol. The summed E-state index contributed by atoms with van der Waals surface area (Å²) in [6.07, 6.45) is 0.228. The maximum atomic E-state index is 12.6. The van der Waals surface area contributed by atoms with Gasteiger partial charge in [0.05, 0.1) is 5.92 Å². The normalized spacial score (nSPS) is 24.9. The Morgan fingerprint density at radius 2 is 1.86 bits per heavy atom. The van der Waals surface area contributed by atoms with E-state index < -0.39 is 5.92 Å². The SMILES string of the molecule is CN1CCN(N2C(=O)CC(c3cccc(Cl)c3)C2=O)CC1. The first-order chi connectivity index (χ1) is 10.1. The van der Waals surface area contributed by atoms with Crippen molar-refractivity contribution in [1.29, 1.82) is 0 Å². The highest BCUT2D eigenvalue weighted by Gasteiger charge is 2.43. The van der Waals surface area contributed by atoms with Crippen molar-refractivity contribution in [2.24, 2.45) is 0 Å². The van der Waals surface area contributed by atoms with Gasteiger partial charge in [-0.1, -0.05) is 23.7 Å². The summed E-state index contributed by atoms with van der Waals surface area (Å²) in [5.74, 6) is -0.655. The highest BCUT2D eigenvalue weighted by atomic mass is 35.5. The second-order valence-corrected chi connectivity index (χ2v) is 6.05. The van der Waals surface area contributed by atoms with E-state index in [0.29, 0.717) is 18.1 Å². The van der Waals surface area contributed by atoms with Crippen LogP contribution in [0.1, 0.15) is 17.9 Å². The molecule has 21 heavy (non-hydrogen) atoms. The number of piperazine rings is 1. The molecule has 0 N–H and O–H groups in total. The molecular formula is C15H18ClN3O2. The lowest BCUT2D eigenvalue weighted by molar-refractivity contribution is -0.160. The molecule has 1 atom stereocenters. The fraction of sp³-hybridized carbons (Fsp3) is 0.467. The lowest BCUT2D eigenvalue weighted by atomic mass is 9.98. The zero-order valence-corrected chi connectivity index (χ0v) is 12.7. The molecule has 1 aromatic carbocycles. The molecule has 0 aromatic heterocycles. The third kappa shape index (κ3) is 2.81. The summed E-state index contributed by atoms with van der Waals surface area (Å²) in [4.78, 5) is 27.1. The molecule has 0 radical (unpaired) electrons. The summed E-state index contributed by atoms with van der Waals surface area (Å²) in [5.41, 5.74) is 0.817. The summed E-state index contributed by atoms with van der Waals surface area (Å²) in [6, 6.07) is 7.21. The van der Waals surface area contributed by atoms with Crippen LogP contribution in [0.3, 0.4) is 0 Å². The zero-order chi connectivity index (χ0) is 15.0. The Morgan fingerprint density at radius 1 is 1.14 bits per heavy atom. The Balaban J connectivity index is 1.79. The van der Waals surface area contributed by atoms with E-state index in [9.17, 15) is 9.59 Å². The van der Waals surface area contributed by atoms with Crippen LogP contribution >= 0.6 is 11.6 Å². The van der Waals surface area contributed by atoms with Gasteiger partial charge in [0, 0.05) is 37.6 Å². The highest BCUT2D eigenvalue weighted by molar-refractivity contribution is 6.30. The number of hydrogen-bond acceptors (Lipinski definition) is 4. The van der Waals surface area contributed by atoms with E-state index in [1.54, 1.807) is 12.1 Å². The molecule has 0 aliphatic carbocycles. The minimum atomic E-state index is -0.407. The molecule has 1 unspecified atom stereocenters. The van der Waals surface area contributed by atoms with Crippen LogP contribution in [0.4, 0.5) is 0 Å². The third-order valence-corrected chi connectivity index (χ3v) is 4.37. The number of carbonyl (C=O) groups is 2. The molecule has 5 nitrogen and oxygen atoms in total. The lowest BCUT2D eigenvalue weighted by Crippen LogP contribution is -2.54. The second kappa shape index (κ2) is 5.75. The molecule has 2 heterocycles. The summed E-state index contributed by atoms with van der Waals surface area (Å²) in [5, 5.41) is 3.80. The smallest absolute Gasteiger partial charge is 0.252 e. The maximum absolute atomic E-state index is 12.6. The van der Waals surface area contributed by atoms with Gasteiger partial charge in [0.15, 0.2) is 0 Å². The monoisotopic (exact) mass is 307 g/mol. The number of hydrazine groups is 1. The van der Waals surface area contributed by atoms with E-state index in [4.69, 9.17) is 11.6 Å². The quantitative estimate of drug-likeness (QED) is 0.774. The van der Waals surface area contributed by atoms with Crippen molar-refractivity contribution in [2.45, 2.75) is 12.3 Å². The van der Waals surface area contributed by atoms with Crippen molar-refractivity contribution in [1.82, 2.24) is 14.9 Å². The number of likely N-dealkylation sites (N-methyl/N-ethyl adjacent to an activating group) is 1. The first kappa shape index (κ1) is 14.5. The summed E-state index contributed by atoms with van der Waals surface area (Å²) in [7, 11) is 2.04. The van der Waals surface area contributed by atoms with Gasteiger partial charge in [-0.25, -0.2) is 10.0 Å². The first-order valence-corrected chi connectivity index (χ1v) is 7.50. The molecule has 6 heteroatoms. The third-order valence-electron chi connectivity index (χ3n) is 4.14. The van der Waals surface area contributed by atoms with Crippen LogP contribution in [-0.4, -0.2) is 60.0 Å². The average molecular weight is 308 g/mol. The summed E-state index contributed by atoms with van der Waals surface area (Å²) >= 11 is 5.98. The van der Waals surface area contributed by atoms with Crippen LogP contribution in [0.2, 0.25) is 5.02 Å². The highest BCUT2D eigenvalue weighted by Crippen LogP contribution is 2.32. The number of benzene rings is 1. The Hall–Kier alpha value is -1.43. The van der Waals surface area contributed by atoms with Crippen molar-refractivity contribution >= 4 is 23.4 Å². The predicted octanol–water partition coefficient (Wildman–Crippen LogP) is 1.34. The number of hydrogen-bond donors (Lipinski definition) is 0. The number of carbonyl (C=O) groups excluding carboxylic acids is 2. The largest absolute Gasteiger partial charge is 0.304 e. The van der Waals surface area contributed by atoms with E-state index in [-0.39, 0.29) is 18.2 Å². The molecule has 3 rings (SSSR count). The van der Waals surface area contributed by atoms with Gasteiger partial charge in [-0.05, 0) is 24.7 Å². The maximum Gasteiger partial charge on any atom is 0.252 e. The Kier molecular flexibility index (Phi) is 3.97. The van der Waals surface area contributed by atoms with Crippen molar-refractivity contribution < 1.29 is 9.59 Å². The van der Waals surface area contributed by atoms with Crippen molar-refractivity contribution in [3.05, 3.63) is 34.9 Å². The van der Waals surface area contributed by atoms with Gasteiger partial charge in [-0.15, -0.1) is 0 Å². The molecule has 2 fully saturated rings. The molecule has 0 spiro atoms. The number of nitrogens with zero attached hydrogens (tertiary/aromatic N) is 3. The number of rotatable bonds is 2. The molecule has 2 aliphatic heterocycles. The fourth-order valence-corrected chi connectivity index (χ4v) is 3.09. The van der Waals surface area contributed by atoms with E-state index >= 15 is 0 Å². The van der Waals surface area contributed by atoms with Crippen LogP contribution in [0.5, 0.6) is 0 Å². The van der Waals surface area contributed by atoms with Crippen LogP contribution in [0, 0.1) is 0 Å². The van der Waals surface area contributed by atoms with Crippen molar-refractivity contribution in [3.63, 3.8) is 0 Å². The summed E-state index contributed by atoms with van der Waals surface area (Å²) in [6.45, 7) is 3.13. The van der Waals surface area contributed by atoms with E-state index in [1.807, 2.05) is 24.2 Å². The number of imide groups is 1. The van der Waals surface area contributed by atoms with Gasteiger partial charge in [-0.2, -0.15) is 0 Å². The van der Waals surface area contributed by atoms with E-state index in [0.717, 1.165) is 18.7 Å². The van der Waals surface area contributed by atoms with Crippen molar-refractivity contribution in [3.8, 4) is 0 Å². The molecule has 0 bridgehead atoms. The van der Waals surface area contributed by atoms with Gasteiger partial charge in [0.2, 0.25) is 5.91 Å². The molecule has 2 saturated heterocycles. The minimum Gasteiger partial charge on any atom is -0.304 e. The molecule has 2 amide bonds. The van der Waals surface area contributed by atoms with Crippen LogP contribution in [-0.2, 0) is 9.59 Å². The van der Waals surface area contributed by atoms with E-state index in [1.165, 1.54) is 5.01 Å².